The molecule has 4 rings (SSSR count). The smallest absolute Gasteiger partial charge is 0.384 e. The molecular weight excluding hydrogens is 825 g/mol. The molecule has 314 valence electrons. The number of hydrogen-bond donors (Lipinski definition) is 9. The summed E-state index contributed by atoms with van der Waals surface area (Å²) in [5.74, 6) is -7.86. The summed E-state index contributed by atoms with van der Waals surface area (Å²) in [5, 5.41) is 15.3. The van der Waals surface area contributed by atoms with E-state index in [0.717, 1.165) is 12.4 Å². The van der Waals surface area contributed by atoms with E-state index < -0.39 is 102 Å². The van der Waals surface area contributed by atoms with Gasteiger partial charge in [-0.3, -0.25) is 22.7 Å². The number of anilines is 2. The van der Waals surface area contributed by atoms with Gasteiger partial charge in [-0.2, -0.15) is 27.5 Å². The number of halogens is 4. The zero-order valence-corrected chi connectivity index (χ0v) is 31.8. The molecule has 0 amide bonds. The highest BCUT2D eigenvalue weighted by Gasteiger charge is 2.63. The van der Waals surface area contributed by atoms with Crippen LogP contribution in [-0.2, 0) is 36.7 Å². The highest BCUT2D eigenvalue weighted by Crippen LogP contribution is 2.51. The van der Waals surface area contributed by atoms with E-state index >= 15 is 0 Å². The number of alkyl halides is 4. The van der Waals surface area contributed by atoms with E-state index in [1.807, 2.05) is 0 Å². The number of rotatable bonds is 13. The van der Waals surface area contributed by atoms with E-state index in [9.17, 15) is 46.0 Å². The molecule has 9 N–H and O–H groups in total. The Bertz CT molecular complexity index is 1920. The molecule has 0 saturated carbocycles. The van der Waals surface area contributed by atoms with Crippen LogP contribution in [0.25, 0.3) is 0 Å². The van der Waals surface area contributed by atoms with Crippen molar-refractivity contribution in [1.82, 2.24) is 19.1 Å². The van der Waals surface area contributed by atoms with Crippen molar-refractivity contribution >= 4 is 35.1 Å². The van der Waals surface area contributed by atoms with E-state index in [2.05, 4.69) is 34.2 Å². The van der Waals surface area contributed by atoms with Gasteiger partial charge in [-0.25, -0.2) is 23.3 Å². The van der Waals surface area contributed by atoms with Crippen molar-refractivity contribution in [2.24, 2.45) is 0 Å². The summed E-state index contributed by atoms with van der Waals surface area (Å²) in [4.78, 5) is 84.1. The lowest BCUT2D eigenvalue weighted by Crippen LogP contribution is -2.43. The fraction of sp³-hybridized carbons (Fsp3) is 0.680. The normalized spacial score (nSPS) is 25.4. The summed E-state index contributed by atoms with van der Waals surface area (Å²) in [7, 11) is -15.5. The molecule has 30 heteroatoms. The maximum Gasteiger partial charge on any atom is 0.470 e. The molecule has 0 unspecified atom stereocenters. The third-order valence-corrected chi connectivity index (χ3v) is 8.37. The molecule has 0 aromatic carbocycles. The molecule has 55 heavy (non-hydrogen) atoms. The fourth-order valence-electron chi connectivity index (χ4n) is 4.84. The monoisotopic (exact) mass is 864 g/mol. The first-order valence-corrected chi connectivity index (χ1v) is 20.0. The molecule has 0 aliphatic carbocycles. The Kier molecular flexibility index (Phi) is 14.4. The number of nitrogens with zero attached hydrogens (tertiary/aromatic N) is 4. The zero-order chi connectivity index (χ0) is 42.1. The number of aliphatic hydroxyl groups is 1. The number of hydrogen-bond acceptors (Lipinski definition) is 15. The average molecular weight is 865 g/mol. The Morgan fingerprint density at radius 1 is 0.800 bits per heavy atom. The van der Waals surface area contributed by atoms with E-state index in [4.69, 9.17) is 38.8 Å². The minimum Gasteiger partial charge on any atom is -0.384 e. The molecule has 0 radical (unpaired) electrons. The van der Waals surface area contributed by atoms with Crippen molar-refractivity contribution in [2.75, 3.05) is 23.8 Å². The second-order valence-electron chi connectivity index (χ2n) is 13.1. The Morgan fingerprint density at radius 2 is 1.24 bits per heavy atom. The number of aliphatic hydroxyl groups excluding tert-OH is 1. The first kappa shape index (κ1) is 46.7. The molecule has 0 spiro atoms. The van der Waals surface area contributed by atoms with E-state index in [1.54, 1.807) is 34.6 Å². The molecule has 2 fully saturated rings. The zero-order valence-electron chi connectivity index (χ0n) is 29.1. The van der Waals surface area contributed by atoms with Gasteiger partial charge in [0.2, 0.25) is 12.5 Å². The molecule has 4 heterocycles. The lowest BCUT2D eigenvalue weighted by atomic mass is 10.1. The summed E-state index contributed by atoms with van der Waals surface area (Å²) in [6.07, 6.45) is -11.6. The Morgan fingerprint density at radius 3 is 1.67 bits per heavy atom. The first-order chi connectivity index (χ1) is 24.8. The third kappa shape index (κ3) is 13.2. The van der Waals surface area contributed by atoms with Crippen molar-refractivity contribution < 1.29 is 88.8 Å². The molecule has 2 aliphatic heterocycles. The summed E-state index contributed by atoms with van der Waals surface area (Å²) >= 11 is 0. The van der Waals surface area contributed by atoms with Crippen LogP contribution < -0.4 is 22.0 Å². The highest BCUT2D eigenvalue weighted by molar-refractivity contribution is 7.46. The third-order valence-electron chi connectivity index (χ3n) is 6.90. The SMILES string of the molecule is CC(C)(C)Nc1ccn([C@@H]2O[C@H](COP(=O)(O)O)[C@@H](OP(=O)(O)O)C2(F)F)c(=O)n1.CC(C)Nc1ccn([C@@H]2O[C@H](COP(=O)(O)O)[C@@H](O)C2(F)F)c(=O)n1. The van der Waals surface area contributed by atoms with Gasteiger partial charge in [0, 0.05) is 24.0 Å². The molecule has 2 aromatic rings. The van der Waals surface area contributed by atoms with Gasteiger partial charge in [0.05, 0.1) is 13.2 Å². The van der Waals surface area contributed by atoms with Crippen LogP contribution in [0.4, 0.5) is 29.2 Å². The summed E-state index contributed by atoms with van der Waals surface area (Å²) in [6.45, 7) is 6.71. The predicted octanol–water partition coefficient (Wildman–Crippen LogP) is 0.640. The molecule has 23 nitrogen and oxygen atoms in total. The molecule has 2 aromatic heterocycles. The fourth-order valence-corrected chi connectivity index (χ4v) is 6.09. The van der Waals surface area contributed by atoms with Crippen LogP contribution in [-0.4, -0.2) is 115 Å². The predicted molar refractivity (Wildman–Crippen MR) is 176 cm³/mol. The van der Waals surface area contributed by atoms with Gasteiger partial charge in [0.25, 0.3) is 0 Å². The highest BCUT2D eigenvalue weighted by atomic mass is 31.2. The van der Waals surface area contributed by atoms with Gasteiger partial charge in [0.15, 0.2) is 12.2 Å². The quantitative estimate of drug-likeness (QED) is 0.0985. The summed E-state index contributed by atoms with van der Waals surface area (Å²) in [6, 6.07) is 2.44. The van der Waals surface area contributed by atoms with E-state index in [0.29, 0.717) is 9.13 Å². The second-order valence-corrected chi connectivity index (χ2v) is 16.8. The molecule has 6 atom stereocenters. The number of phosphoric ester groups is 3. The minimum absolute atomic E-state index is 0.0390. The van der Waals surface area contributed by atoms with Crippen LogP contribution in [0.5, 0.6) is 0 Å². The maximum atomic E-state index is 14.9. The number of aromatic nitrogens is 4. The van der Waals surface area contributed by atoms with Crippen LogP contribution >= 0.6 is 23.5 Å². The number of nitrogens with one attached hydrogen (secondary N) is 2. The van der Waals surface area contributed by atoms with Crippen molar-refractivity contribution in [3.05, 3.63) is 45.5 Å². The topological polar surface area (TPSA) is 333 Å². The van der Waals surface area contributed by atoms with Crippen LogP contribution in [0, 0.1) is 0 Å². The number of phosphoric acid groups is 3. The lowest BCUT2D eigenvalue weighted by Gasteiger charge is -2.25. The van der Waals surface area contributed by atoms with Crippen molar-refractivity contribution in [3.8, 4) is 0 Å². The van der Waals surface area contributed by atoms with Crippen LogP contribution in [0.3, 0.4) is 0 Å². The Hall–Kier alpha value is -2.71. The van der Waals surface area contributed by atoms with Gasteiger partial charge >= 0.3 is 46.7 Å². The molecular formula is C25H39F4N6O17P3. The summed E-state index contributed by atoms with van der Waals surface area (Å²) < 4.78 is 114. The van der Waals surface area contributed by atoms with Gasteiger partial charge in [0.1, 0.15) is 23.8 Å². The second kappa shape index (κ2) is 17.0. The lowest BCUT2D eigenvalue weighted by molar-refractivity contribution is -0.140. The van der Waals surface area contributed by atoms with Crippen molar-refractivity contribution in [3.63, 3.8) is 0 Å². The average Bonchev–Trinajstić information content (AvgIpc) is 3.35. The number of ether oxygens (including phenoxy) is 2. The molecule has 0 bridgehead atoms. The van der Waals surface area contributed by atoms with Gasteiger partial charge in [-0.1, -0.05) is 0 Å². The van der Waals surface area contributed by atoms with Crippen molar-refractivity contribution in [2.45, 2.75) is 94.9 Å². The van der Waals surface area contributed by atoms with Crippen LogP contribution in [0.15, 0.2) is 34.1 Å². The van der Waals surface area contributed by atoms with E-state index in [1.165, 1.54) is 12.1 Å². The van der Waals surface area contributed by atoms with Gasteiger partial charge in [-0.05, 0) is 46.8 Å². The van der Waals surface area contributed by atoms with Crippen molar-refractivity contribution in [1.29, 1.82) is 0 Å². The van der Waals surface area contributed by atoms with Crippen LogP contribution in [0.2, 0.25) is 0 Å². The molecule has 2 aliphatic rings. The molecule has 2 saturated heterocycles. The standard InChI is InChI=1S/C13H21F2N3O10P2.C12H18F2N3O7P/c1-12(2,3)17-8-4-5-18(11(19)16-8)10-13(14,15)9(28-30(23,24)25)7(27-10)6-26-29(20,21)22;1-6(2)15-8-3-4-17(11(19)16-8)10-12(13,14)9(18)7(24-10)5-23-25(20,21)22/h4-5,7,9-10H,6H2,1-3H3,(H,16,17,19)(H2,20,21,22)(H2,23,24,25);3-4,6-7,9-10,18H,5H2,1-2H3,(H,15,16,19)(H2,20,21,22)/t2*7-,9-,10-/m11/s1. The first-order valence-electron chi connectivity index (χ1n) is 15.4. The Balaban J connectivity index is 0.000000300. The van der Waals surface area contributed by atoms with Gasteiger partial charge < -0.3 is 54.6 Å². The Labute approximate surface area is 307 Å². The van der Waals surface area contributed by atoms with Gasteiger partial charge in [-0.15, -0.1) is 0 Å². The largest absolute Gasteiger partial charge is 0.470 e. The minimum atomic E-state index is -5.48. The maximum absolute atomic E-state index is 14.9. The van der Waals surface area contributed by atoms with Crippen LogP contribution in [0.1, 0.15) is 47.1 Å². The summed E-state index contributed by atoms with van der Waals surface area (Å²) in [5.41, 5.74) is -2.72. The van der Waals surface area contributed by atoms with E-state index in [-0.39, 0.29) is 17.7 Å².